The normalized spacial score (nSPS) is 11.8. The number of rotatable bonds is 18. The smallest absolute Gasteiger partial charge is 0.329 e. The molecule has 5 aromatic rings. The number of fused-ring (bicyclic) bond motifs is 1. The Bertz CT molecular complexity index is 2190. The van der Waals surface area contributed by atoms with Gasteiger partial charge in [0.15, 0.2) is 5.75 Å². The highest BCUT2D eigenvalue weighted by molar-refractivity contribution is 7.84. The fourth-order valence-electron chi connectivity index (χ4n) is 5.56. The van der Waals surface area contributed by atoms with Gasteiger partial charge in [0.2, 0.25) is 0 Å². The van der Waals surface area contributed by atoms with Crippen LogP contribution in [0.4, 0.5) is 27.7 Å². The van der Waals surface area contributed by atoms with Gasteiger partial charge in [0.25, 0.3) is 0 Å². The van der Waals surface area contributed by atoms with Gasteiger partial charge in [-0.1, -0.05) is 45.0 Å². The van der Waals surface area contributed by atoms with E-state index in [-0.39, 0.29) is 38.4 Å². The number of hydrogen-bond acceptors (Lipinski definition) is 11. The first-order valence-corrected chi connectivity index (χ1v) is 19.2. The molecule has 0 saturated heterocycles. The number of aliphatic carboxylic acids is 1. The first-order chi connectivity index (χ1) is 26.8. The molecular formula is C41H46N4O10S. The Labute approximate surface area is 327 Å². The predicted molar refractivity (Wildman–Crippen MR) is 216 cm³/mol. The Morgan fingerprint density at radius 1 is 0.786 bits per heavy atom. The third kappa shape index (κ3) is 11.3. The summed E-state index contributed by atoms with van der Waals surface area (Å²) < 4.78 is 46.3. The molecule has 5 rings (SSSR count). The van der Waals surface area contributed by atoms with Gasteiger partial charge in [-0.25, -0.2) is 14.6 Å². The van der Waals surface area contributed by atoms with Crippen molar-refractivity contribution in [3.8, 4) is 28.7 Å². The van der Waals surface area contributed by atoms with Crippen LogP contribution in [0.1, 0.15) is 26.3 Å². The van der Waals surface area contributed by atoms with Gasteiger partial charge in [-0.05, 0) is 41.3 Å². The Balaban J connectivity index is 1.27. The van der Waals surface area contributed by atoms with Gasteiger partial charge in [0, 0.05) is 53.2 Å². The summed E-state index contributed by atoms with van der Waals surface area (Å²) in [4.78, 5) is 28.9. The molecule has 1 aromatic heterocycles. The van der Waals surface area contributed by atoms with Crippen LogP contribution in [0, 0.1) is 0 Å². The third-order valence-electron chi connectivity index (χ3n) is 8.26. The number of pyridine rings is 1. The molecule has 0 bridgehead atoms. The number of urea groups is 1. The summed E-state index contributed by atoms with van der Waals surface area (Å²) >= 11 is 0. The van der Waals surface area contributed by atoms with Gasteiger partial charge in [-0.2, -0.15) is 0 Å². The number of anilines is 4. The molecule has 0 aliphatic carbocycles. The van der Waals surface area contributed by atoms with E-state index in [1.807, 2.05) is 57.2 Å². The average molecular weight is 787 g/mol. The summed E-state index contributed by atoms with van der Waals surface area (Å²) in [5.74, 6) is 2.00. The van der Waals surface area contributed by atoms with Crippen LogP contribution in [0.15, 0.2) is 90.0 Å². The van der Waals surface area contributed by atoms with Gasteiger partial charge in [0.05, 0.1) is 61.1 Å². The van der Waals surface area contributed by atoms with Crippen LogP contribution in [0.3, 0.4) is 0 Å². The zero-order chi connectivity index (χ0) is 40.2. The molecule has 0 aliphatic heterocycles. The highest BCUT2D eigenvalue weighted by Crippen LogP contribution is 2.38. The second kappa shape index (κ2) is 19.1. The molecule has 0 saturated carbocycles. The van der Waals surface area contributed by atoms with Gasteiger partial charge < -0.3 is 49.5 Å². The Morgan fingerprint density at radius 2 is 1.50 bits per heavy atom. The first-order valence-electron chi connectivity index (χ1n) is 17.6. The number of benzene rings is 4. The zero-order valence-electron chi connectivity index (χ0n) is 32.1. The molecule has 1 heterocycles. The second-order valence-electron chi connectivity index (χ2n) is 13.4. The number of carboxylic acids is 1. The maximum Gasteiger partial charge on any atom is 0.329 e. The minimum Gasteiger partial charge on any atom is -0.497 e. The monoisotopic (exact) mass is 786 g/mol. The molecule has 56 heavy (non-hydrogen) atoms. The molecule has 1 unspecified atom stereocenters. The van der Waals surface area contributed by atoms with E-state index in [1.165, 1.54) is 7.11 Å². The topological polar surface area (TPSA) is 176 Å². The Kier molecular flexibility index (Phi) is 14.1. The average Bonchev–Trinajstić information content (AvgIpc) is 3.16. The molecule has 2 amide bonds. The number of ether oxygens (including phenoxy) is 6. The first kappa shape index (κ1) is 41.3. The van der Waals surface area contributed by atoms with Crippen molar-refractivity contribution in [2.45, 2.75) is 31.1 Å². The summed E-state index contributed by atoms with van der Waals surface area (Å²) in [5.41, 5.74) is 2.27. The number of carbonyl (C=O) groups excluding carboxylic acids is 1. The molecule has 15 heteroatoms. The van der Waals surface area contributed by atoms with Crippen molar-refractivity contribution in [3.05, 3.63) is 90.6 Å². The summed E-state index contributed by atoms with van der Waals surface area (Å²) in [7, 11) is 1.69. The molecule has 296 valence electrons. The number of methoxy groups -OCH3 is 2. The van der Waals surface area contributed by atoms with Crippen LogP contribution in [0.25, 0.3) is 10.8 Å². The van der Waals surface area contributed by atoms with Crippen LogP contribution >= 0.6 is 0 Å². The van der Waals surface area contributed by atoms with Crippen LogP contribution in [-0.2, 0) is 30.5 Å². The van der Waals surface area contributed by atoms with Gasteiger partial charge in [0.1, 0.15) is 42.0 Å². The van der Waals surface area contributed by atoms with Gasteiger partial charge >= 0.3 is 12.0 Å². The summed E-state index contributed by atoms with van der Waals surface area (Å²) in [6.07, 6.45) is 3.20. The van der Waals surface area contributed by atoms with Crippen LogP contribution < -0.4 is 34.9 Å². The minimum absolute atomic E-state index is 0.170. The Hall–Kier alpha value is -5.90. The highest BCUT2D eigenvalue weighted by Gasteiger charge is 2.22. The van der Waals surface area contributed by atoms with Gasteiger partial charge in [-0.15, -0.1) is 0 Å². The van der Waals surface area contributed by atoms with E-state index < -0.39 is 22.8 Å². The SMILES string of the molecule is COc1cc(Nc2cc(Oc3ccc(NC(=O)Nc4cc(C(C)(C)C)cc(S(C)=O)c4OC)c4ccccc34)ccn2)cc(OCCOCCOCC(=O)O)c1. The van der Waals surface area contributed by atoms with Crippen molar-refractivity contribution >= 4 is 56.5 Å². The van der Waals surface area contributed by atoms with E-state index in [9.17, 15) is 13.8 Å². The van der Waals surface area contributed by atoms with E-state index in [0.29, 0.717) is 56.5 Å². The lowest BCUT2D eigenvalue weighted by atomic mass is 9.86. The molecule has 14 nitrogen and oxygen atoms in total. The minimum atomic E-state index is -1.35. The van der Waals surface area contributed by atoms with Crippen LogP contribution in [0.2, 0.25) is 0 Å². The summed E-state index contributed by atoms with van der Waals surface area (Å²) in [5, 5.41) is 19.3. The van der Waals surface area contributed by atoms with Crippen molar-refractivity contribution in [2.24, 2.45) is 0 Å². The highest BCUT2D eigenvalue weighted by atomic mass is 32.2. The zero-order valence-corrected chi connectivity index (χ0v) is 32.9. The van der Waals surface area contributed by atoms with Crippen molar-refractivity contribution in [3.63, 3.8) is 0 Å². The van der Waals surface area contributed by atoms with Gasteiger partial charge in [-0.3, -0.25) is 4.21 Å². The standard InChI is InChI=1S/C41H46N4O10S/c1-41(2,3)26-19-34(39(51-5)36(20-26)56(6)49)45-40(48)44-33-11-12-35(32-10-8-7-9-31(32)33)55-28-13-14-42-37(24-28)43-27-21-29(50-4)23-30(22-27)54-18-17-52-15-16-53-25-38(46)47/h7-14,19-24H,15-18,25H2,1-6H3,(H,42,43)(H,46,47)(H2,44,45,48). The number of nitrogens with zero attached hydrogens (tertiary/aromatic N) is 1. The molecular weight excluding hydrogens is 741 g/mol. The number of carbonyl (C=O) groups is 2. The molecule has 4 aromatic carbocycles. The molecule has 0 aliphatic rings. The van der Waals surface area contributed by atoms with Crippen molar-refractivity contribution in [1.82, 2.24) is 4.98 Å². The van der Waals surface area contributed by atoms with E-state index in [0.717, 1.165) is 16.3 Å². The fourth-order valence-corrected chi connectivity index (χ4v) is 6.31. The molecule has 0 fully saturated rings. The number of hydrogen-bond donors (Lipinski definition) is 4. The van der Waals surface area contributed by atoms with Crippen LogP contribution in [0.5, 0.6) is 28.7 Å². The van der Waals surface area contributed by atoms with Crippen molar-refractivity contribution in [2.75, 3.05) is 69.5 Å². The number of amides is 2. The number of nitrogens with one attached hydrogen (secondary N) is 3. The predicted octanol–water partition coefficient (Wildman–Crippen LogP) is 7.96. The number of aromatic nitrogens is 1. The fraction of sp³-hybridized carbons (Fsp3) is 0.293. The largest absolute Gasteiger partial charge is 0.497 e. The molecule has 4 N–H and O–H groups in total. The van der Waals surface area contributed by atoms with E-state index in [1.54, 1.807) is 62.0 Å². The van der Waals surface area contributed by atoms with Crippen molar-refractivity contribution in [1.29, 1.82) is 0 Å². The number of carboxylic acid groups (broad SMARTS) is 1. The van der Waals surface area contributed by atoms with Crippen LogP contribution in [-0.4, -0.2) is 79.8 Å². The van der Waals surface area contributed by atoms with Crippen molar-refractivity contribution < 1.29 is 47.3 Å². The van der Waals surface area contributed by atoms with E-state index in [2.05, 4.69) is 20.9 Å². The summed E-state index contributed by atoms with van der Waals surface area (Å²) in [6.45, 7) is 6.71. The lowest BCUT2D eigenvalue weighted by Crippen LogP contribution is -2.21. The molecule has 0 spiro atoms. The third-order valence-corrected chi connectivity index (χ3v) is 9.18. The Morgan fingerprint density at radius 3 is 2.21 bits per heavy atom. The lowest BCUT2D eigenvalue weighted by molar-refractivity contribution is -0.142. The molecule has 0 radical (unpaired) electrons. The van der Waals surface area contributed by atoms with E-state index in [4.69, 9.17) is 33.5 Å². The second-order valence-corrected chi connectivity index (χ2v) is 14.8. The quantitative estimate of drug-likeness (QED) is 0.0632. The maximum atomic E-state index is 13.4. The summed E-state index contributed by atoms with van der Waals surface area (Å²) in [6, 6.07) is 23.1. The maximum absolute atomic E-state index is 13.4. The lowest BCUT2D eigenvalue weighted by Gasteiger charge is -2.23. The van der Waals surface area contributed by atoms with E-state index >= 15 is 0 Å². The molecule has 1 atom stereocenters.